The Morgan fingerprint density at radius 2 is 1.81 bits per heavy atom. The smallest absolute Gasteiger partial charge is 0.348 e. The predicted octanol–water partition coefficient (Wildman–Crippen LogP) is 3.44. The highest BCUT2D eigenvalue weighted by molar-refractivity contribution is 7.18. The number of rotatable bonds is 7. The Labute approximate surface area is 161 Å². The summed E-state index contributed by atoms with van der Waals surface area (Å²) in [6.07, 6.45) is 1.70. The van der Waals surface area contributed by atoms with Crippen LogP contribution in [0.25, 0.3) is 0 Å². The van der Waals surface area contributed by atoms with Crippen LogP contribution in [0, 0.1) is 6.92 Å². The summed E-state index contributed by atoms with van der Waals surface area (Å²) in [6, 6.07) is 1.70. The molecule has 2 heterocycles. The van der Waals surface area contributed by atoms with Gasteiger partial charge in [0.2, 0.25) is 0 Å². The van der Waals surface area contributed by atoms with E-state index in [1.54, 1.807) is 37.7 Å². The van der Waals surface area contributed by atoms with E-state index in [4.69, 9.17) is 9.47 Å². The fourth-order valence-corrected chi connectivity index (χ4v) is 3.44. The second kappa shape index (κ2) is 8.81. The van der Waals surface area contributed by atoms with Crippen molar-refractivity contribution >= 4 is 34.2 Å². The maximum atomic E-state index is 12.6. The molecular weight excluding hydrogens is 370 g/mol. The lowest BCUT2D eigenvalue weighted by Crippen LogP contribution is -2.16. The first-order valence-corrected chi connectivity index (χ1v) is 9.45. The highest BCUT2D eigenvalue weighted by Crippen LogP contribution is 2.34. The number of carbonyl (C=O) groups is 3. The molecule has 9 heteroatoms. The molecule has 0 aromatic carbocycles. The van der Waals surface area contributed by atoms with Gasteiger partial charge in [-0.05, 0) is 46.2 Å². The monoisotopic (exact) mass is 393 g/mol. The summed E-state index contributed by atoms with van der Waals surface area (Å²) in [7, 11) is 0. The van der Waals surface area contributed by atoms with Crippen molar-refractivity contribution in [2.75, 3.05) is 18.5 Å². The summed E-state index contributed by atoms with van der Waals surface area (Å²) < 4.78 is 11.8. The topological polar surface area (TPSA) is 99.5 Å². The van der Waals surface area contributed by atoms with Gasteiger partial charge in [0.1, 0.15) is 9.88 Å². The minimum Gasteiger partial charge on any atom is -0.462 e. The minimum absolute atomic E-state index is 0.112. The molecule has 1 N–H and O–H groups in total. The Kier molecular flexibility index (Phi) is 6.73. The largest absolute Gasteiger partial charge is 0.462 e. The van der Waals surface area contributed by atoms with Crippen LogP contribution in [0.3, 0.4) is 0 Å². The molecule has 0 saturated carbocycles. The molecule has 0 aliphatic rings. The van der Waals surface area contributed by atoms with Gasteiger partial charge in [0.25, 0.3) is 5.91 Å². The quantitative estimate of drug-likeness (QED) is 0.724. The Balaban J connectivity index is 2.38. The Morgan fingerprint density at radius 1 is 1.19 bits per heavy atom. The van der Waals surface area contributed by atoms with E-state index in [9.17, 15) is 14.4 Å². The van der Waals surface area contributed by atoms with Crippen LogP contribution >= 0.6 is 11.3 Å². The Hall–Kier alpha value is -2.68. The Morgan fingerprint density at radius 3 is 2.37 bits per heavy atom. The standard InChI is InChI=1S/C18H23N3O5S/c1-6-25-17(23)13-11(5)14(18(24)26-7-2)27-16(13)19-15(22)12-8-9-21(20-12)10(3)4/h8-10H,6-7H2,1-5H3,(H,19,22). The molecular formula is C18H23N3O5S. The molecule has 0 bridgehead atoms. The van der Waals surface area contributed by atoms with Gasteiger partial charge in [0.05, 0.1) is 18.8 Å². The first-order chi connectivity index (χ1) is 12.8. The number of ether oxygens (including phenoxy) is 2. The van der Waals surface area contributed by atoms with Crippen LogP contribution in [0.4, 0.5) is 5.00 Å². The van der Waals surface area contributed by atoms with Crippen LogP contribution in [0.1, 0.15) is 69.8 Å². The number of nitrogens with one attached hydrogen (secondary N) is 1. The Bertz CT molecular complexity index is 853. The van der Waals surface area contributed by atoms with Crippen LogP contribution in [0.5, 0.6) is 0 Å². The SMILES string of the molecule is CCOC(=O)c1sc(NC(=O)c2ccn(C(C)C)n2)c(C(=O)OCC)c1C. The first-order valence-electron chi connectivity index (χ1n) is 8.64. The summed E-state index contributed by atoms with van der Waals surface area (Å²) in [4.78, 5) is 37.3. The molecule has 0 saturated heterocycles. The highest BCUT2D eigenvalue weighted by atomic mass is 32.1. The van der Waals surface area contributed by atoms with Crippen molar-refractivity contribution in [1.29, 1.82) is 0 Å². The molecule has 1 amide bonds. The summed E-state index contributed by atoms with van der Waals surface area (Å²) in [5.74, 6) is -1.63. The van der Waals surface area contributed by atoms with Crippen molar-refractivity contribution in [2.45, 2.75) is 40.7 Å². The molecule has 2 rings (SSSR count). The van der Waals surface area contributed by atoms with Crippen LogP contribution in [0.2, 0.25) is 0 Å². The van der Waals surface area contributed by atoms with E-state index in [-0.39, 0.29) is 40.4 Å². The average molecular weight is 393 g/mol. The zero-order valence-electron chi connectivity index (χ0n) is 16.0. The number of esters is 2. The number of thiophene rings is 1. The number of nitrogens with zero attached hydrogens (tertiary/aromatic N) is 2. The van der Waals surface area contributed by atoms with Crippen molar-refractivity contribution in [2.24, 2.45) is 0 Å². The number of carbonyl (C=O) groups excluding carboxylic acids is 3. The van der Waals surface area contributed by atoms with E-state index in [1.807, 2.05) is 13.8 Å². The van der Waals surface area contributed by atoms with Gasteiger partial charge in [-0.25, -0.2) is 9.59 Å². The molecule has 27 heavy (non-hydrogen) atoms. The van der Waals surface area contributed by atoms with Gasteiger partial charge in [0.15, 0.2) is 5.69 Å². The second-order valence-corrected chi connectivity index (χ2v) is 6.95. The lowest BCUT2D eigenvalue weighted by atomic mass is 10.1. The average Bonchev–Trinajstić information content (AvgIpc) is 3.20. The van der Waals surface area contributed by atoms with Crippen LogP contribution < -0.4 is 5.32 Å². The molecule has 0 fully saturated rings. The van der Waals surface area contributed by atoms with Crippen molar-refractivity contribution < 1.29 is 23.9 Å². The van der Waals surface area contributed by atoms with Gasteiger partial charge in [0, 0.05) is 12.2 Å². The first kappa shape index (κ1) is 20.6. The number of aromatic nitrogens is 2. The minimum atomic E-state index is -0.607. The van der Waals surface area contributed by atoms with Gasteiger partial charge in [-0.2, -0.15) is 5.10 Å². The second-order valence-electron chi connectivity index (χ2n) is 5.93. The number of hydrogen-bond donors (Lipinski definition) is 1. The van der Waals surface area contributed by atoms with Crippen LogP contribution in [-0.4, -0.2) is 40.8 Å². The van der Waals surface area contributed by atoms with Crippen molar-refractivity contribution in [1.82, 2.24) is 9.78 Å². The zero-order chi connectivity index (χ0) is 20.1. The molecule has 2 aromatic rings. The van der Waals surface area contributed by atoms with E-state index in [1.165, 1.54) is 0 Å². The zero-order valence-corrected chi connectivity index (χ0v) is 16.8. The fraction of sp³-hybridized carbons (Fsp3) is 0.444. The molecule has 0 unspecified atom stereocenters. The summed E-state index contributed by atoms with van der Waals surface area (Å²) in [5.41, 5.74) is 0.781. The molecule has 146 valence electrons. The molecule has 0 aliphatic carbocycles. The van der Waals surface area contributed by atoms with E-state index in [2.05, 4.69) is 10.4 Å². The predicted molar refractivity (Wildman–Crippen MR) is 102 cm³/mol. The third kappa shape index (κ3) is 4.54. The summed E-state index contributed by atoms with van der Waals surface area (Å²) >= 11 is 0.983. The van der Waals surface area contributed by atoms with Crippen molar-refractivity contribution in [3.63, 3.8) is 0 Å². The molecule has 2 aromatic heterocycles. The van der Waals surface area contributed by atoms with Gasteiger partial charge in [-0.15, -0.1) is 11.3 Å². The summed E-state index contributed by atoms with van der Waals surface area (Å²) in [5, 5.41) is 7.12. The molecule has 0 radical (unpaired) electrons. The maximum Gasteiger partial charge on any atom is 0.348 e. The summed E-state index contributed by atoms with van der Waals surface area (Å²) in [6.45, 7) is 9.28. The normalized spacial score (nSPS) is 10.7. The number of anilines is 1. The molecule has 0 aliphatic heterocycles. The lowest BCUT2D eigenvalue weighted by molar-refractivity contribution is 0.0527. The van der Waals surface area contributed by atoms with Gasteiger partial charge < -0.3 is 14.8 Å². The number of amides is 1. The molecule has 0 atom stereocenters. The number of hydrogen-bond acceptors (Lipinski definition) is 7. The third-order valence-corrected chi connectivity index (χ3v) is 4.87. The van der Waals surface area contributed by atoms with E-state index in [0.717, 1.165) is 11.3 Å². The van der Waals surface area contributed by atoms with E-state index >= 15 is 0 Å². The molecule has 8 nitrogen and oxygen atoms in total. The van der Waals surface area contributed by atoms with Crippen LogP contribution in [-0.2, 0) is 9.47 Å². The van der Waals surface area contributed by atoms with E-state index in [0.29, 0.717) is 5.56 Å². The van der Waals surface area contributed by atoms with E-state index < -0.39 is 17.8 Å². The van der Waals surface area contributed by atoms with Crippen LogP contribution in [0.15, 0.2) is 12.3 Å². The van der Waals surface area contributed by atoms with Gasteiger partial charge in [-0.3, -0.25) is 9.48 Å². The van der Waals surface area contributed by atoms with Crippen molar-refractivity contribution in [3.8, 4) is 0 Å². The molecule has 0 spiro atoms. The van der Waals surface area contributed by atoms with Gasteiger partial charge >= 0.3 is 11.9 Å². The maximum absolute atomic E-state index is 12.6. The highest BCUT2D eigenvalue weighted by Gasteiger charge is 2.27. The van der Waals surface area contributed by atoms with Crippen molar-refractivity contribution in [3.05, 3.63) is 34.0 Å². The van der Waals surface area contributed by atoms with Gasteiger partial charge in [-0.1, -0.05) is 0 Å². The fourth-order valence-electron chi connectivity index (χ4n) is 2.36. The third-order valence-electron chi connectivity index (χ3n) is 3.68. The lowest BCUT2D eigenvalue weighted by Gasteiger charge is -2.06.